The first kappa shape index (κ1) is 19.1. The number of halogens is 1. The van der Waals surface area contributed by atoms with Crippen LogP contribution in [0.1, 0.15) is 43.6 Å². The average Bonchev–Trinajstić information content (AvgIpc) is 3.06. The van der Waals surface area contributed by atoms with Crippen LogP contribution in [0.25, 0.3) is 22.3 Å². The summed E-state index contributed by atoms with van der Waals surface area (Å²) in [7, 11) is 0. The third kappa shape index (κ3) is 3.01. The molecule has 0 bridgehead atoms. The van der Waals surface area contributed by atoms with Crippen LogP contribution in [0.5, 0.6) is 0 Å². The summed E-state index contributed by atoms with van der Waals surface area (Å²) >= 11 is 0. The maximum absolute atomic E-state index is 14.7. The smallest absolute Gasteiger partial charge is 0.238 e. The fourth-order valence-corrected chi connectivity index (χ4v) is 4.34. The summed E-state index contributed by atoms with van der Waals surface area (Å²) in [5.74, 6) is 0.420. The maximum Gasteiger partial charge on any atom is 0.238 e. The van der Waals surface area contributed by atoms with Crippen LogP contribution in [-0.2, 0) is 16.8 Å². The summed E-state index contributed by atoms with van der Waals surface area (Å²) in [5, 5.41) is 19.1. The second-order valence-electron chi connectivity index (χ2n) is 8.96. The predicted octanol–water partition coefficient (Wildman–Crippen LogP) is 3.68. The number of alkyl halides is 1. The fraction of sp³-hybridized carbons (Fsp3) is 0.409. The van der Waals surface area contributed by atoms with Gasteiger partial charge in [-0.25, -0.2) is 4.39 Å². The molecule has 4 heterocycles. The van der Waals surface area contributed by atoms with Gasteiger partial charge < -0.3 is 9.84 Å². The summed E-state index contributed by atoms with van der Waals surface area (Å²) in [6, 6.07) is 3.65. The predicted molar refractivity (Wildman–Crippen MR) is 114 cm³/mol. The lowest BCUT2D eigenvalue weighted by molar-refractivity contribution is -0.119. The lowest BCUT2D eigenvalue weighted by atomic mass is 9.82. The molecule has 0 atom stereocenters. The Morgan fingerprint density at radius 1 is 1.25 bits per heavy atom. The second-order valence-corrected chi connectivity index (χ2v) is 8.96. The fourth-order valence-electron chi connectivity index (χ4n) is 4.34. The van der Waals surface area contributed by atoms with Crippen LogP contribution in [-0.4, -0.2) is 41.7 Å². The summed E-state index contributed by atoms with van der Waals surface area (Å²) in [4.78, 5) is 17.6. The van der Waals surface area contributed by atoms with Crippen molar-refractivity contribution in [1.29, 1.82) is 0 Å². The Balaban J connectivity index is 1.29. The quantitative estimate of drug-likeness (QED) is 0.477. The molecule has 0 unspecified atom stereocenters. The molecule has 32 heavy (non-hydrogen) atoms. The summed E-state index contributed by atoms with van der Waals surface area (Å²) < 4.78 is 21.7. The minimum Gasteiger partial charge on any atom is -0.360 e. The van der Waals surface area contributed by atoms with Gasteiger partial charge in [0.05, 0.1) is 41.5 Å². The normalized spacial score (nSPS) is 18.4. The van der Waals surface area contributed by atoms with E-state index >= 15 is 0 Å². The van der Waals surface area contributed by atoms with Gasteiger partial charge in [0.25, 0.3) is 0 Å². The molecule has 2 N–H and O–H groups in total. The first-order chi connectivity index (χ1) is 15.5. The van der Waals surface area contributed by atoms with Gasteiger partial charge in [-0.05, 0) is 45.1 Å². The van der Waals surface area contributed by atoms with Gasteiger partial charge in [0.15, 0.2) is 5.76 Å². The first-order valence-electron chi connectivity index (χ1n) is 10.8. The number of nitrogens with zero attached hydrogens (tertiary/aromatic N) is 5. The molecule has 0 aromatic carbocycles. The van der Waals surface area contributed by atoms with E-state index in [4.69, 9.17) is 4.52 Å². The molecule has 2 aliphatic carbocycles. The zero-order valence-corrected chi connectivity index (χ0v) is 17.6. The van der Waals surface area contributed by atoms with Crippen molar-refractivity contribution >= 4 is 22.5 Å². The number of hydrogen-bond acceptors (Lipinski definition) is 6. The number of amides is 1. The van der Waals surface area contributed by atoms with E-state index in [0.29, 0.717) is 48.5 Å². The van der Waals surface area contributed by atoms with Crippen molar-refractivity contribution in [2.75, 3.05) is 5.32 Å². The zero-order chi connectivity index (χ0) is 21.9. The Labute approximate surface area is 182 Å². The molecule has 4 aromatic rings. The standard InChI is InChI=1S/C22H22FN7O2/c1-13-7-18(32-29-13)22(5-6-22)20(31)27-16-11-25-28-19(16)15-8-17-14(9-24-15)10-26-30(17)12-21(23)3-2-4-21/h7-11H,2-6,12H2,1H3,(H,25,28)(H,27,31). The van der Waals surface area contributed by atoms with Crippen LogP contribution in [0.2, 0.25) is 0 Å². The van der Waals surface area contributed by atoms with Crippen LogP contribution in [0, 0.1) is 6.92 Å². The number of aromatic amines is 1. The Kier molecular flexibility index (Phi) is 4.02. The SMILES string of the molecule is Cc1cc(C2(C(=O)Nc3cn[nH]c3-c3cc4c(cn3)cnn4CC3(F)CCC3)CC2)on1. The highest BCUT2D eigenvalue weighted by atomic mass is 19.1. The number of carbonyl (C=O) groups excluding carboxylic acids is 1. The molecule has 2 aliphatic rings. The topological polar surface area (TPSA) is 115 Å². The molecule has 0 saturated heterocycles. The average molecular weight is 435 g/mol. The molecule has 4 aromatic heterocycles. The largest absolute Gasteiger partial charge is 0.360 e. The molecule has 164 valence electrons. The first-order valence-corrected chi connectivity index (χ1v) is 10.8. The molecular formula is C22H22FN7O2. The van der Waals surface area contributed by atoms with E-state index in [1.807, 2.05) is 13.0 Å². The number of hydrogen-bond donors (Lipinski definition) is 2. The van der Waals surface area contributed by atoms with Gasteiger partial charge in [0.1, 0.15) is 16.8 Å². The highest BCUT2D eigenvalue weighted by Crippen LogP contribution is 2.49. The number of carbonyl (C=O) groups is 1. The summed E-state index contributed by atoms with van der Waals surface area (Å²) in [5.41, 5.74) is 1.36. The van der Waals surface area contributed by atoms with Crippen LogP contribution < -0.4 is 5.32 Å². The lowest BCUT2D eigenvalue weighted by Gasteiger charge is -2.33. The van der Waals surface area contributed by atoms with Gasteiger partial charge >= 0.3 is 0 Å². The van der Waals surface area contributed by atoms with Crippen LogP contribution in [0.15, 0.2) is 35.2 Å². The Hall–Kier alpha value is -3.56. The minimum atomic E-state index is -1.19. The third-order valence-corrected chi connectivity index (χ3v) is 6.64. The highest BCUT2D eigenvalue weighted by Gasteiger charge is 2.54. The van der Waals surface area contributed by atoms with Crippen molar-refractivity contribution in [2.24, 2.45) is 0 Å². The molecule has 9 nitrogen and oxygen atoms in total. The van der Waals surface area contributed by atoms with Gasteiger partial charge in [0, 0.05) is 17.6 Å². The number of aromatic nitrogens is 6. The molecule has 1 amide bonds. The third-order valence-electron chi connectivity index (χ3n) is 6.64. The number of pyridine rings is 1. The number of fused-ring (bicyclic) bond motifs is 1. The zero-order valence-electron chi connectivity index (χ0n) is 17.6. The van der Waals surface area contributed by atoms with Crippen molar-refractivity contribution < 1.29 is 13.7 Å². The van der Waals surface area contributed by atoms with Crippen LogP contribution >= 0.6 is 0 Å². The number of nitrogens with one attached hydrogen (secondary N) is 2. The molecule has 2 saturated carbocycles. The summed E-state index contributed by atoms with van der Waals surface area (Å²) in [6.45, 7) is 2.06. The van der Waals surface area contributed by atoms with Crippen LogP contribution in [0.4, 0.5) is 10.1 Å². The van der Waals surface area contributed by atoms with Crippen molar-refractivity contribution in [3.63, 3.8) is 0 Å². The molecule has 10 heteroatoms. The lowest BCUT2D eigenvalue weighted by Crippen LogP contribution is -2.36. The molecule has 0 spiro atoms. The molecule has 0 radical (unpaired) electrons. The van der Waals surface area contributed by atoms with E-state index in [9.17, 15) is 9.18 Å². The molecule has 2 fully saturated rings. The summed E-state index contributed by atoms with van der Waals surface area (Å²) in [6.07, 6.45) is 8.40. The van der Waals surface area contributed by atoms with Crippen molar-refractivity contribution in [3.05, 3.63) is 42.2 Å². The highest BCUT2D eigenvalue weighted by molar-refractivity contribution is 6.03. The maximum atomic E-state index is 14.7. The molecule has 6 rings (SSSR count). The van der Waals surface area contributed by atoms with E-state index in [1.165, 1.54) is 0 Å². The van der Waals surface area contributed by atoms with Gasteiger partial charge in [0.2, 0.25) is 5.91 Å². The number of aryl methyl sites for hydroxylation is 1. The van der Waals surface area contributed by atoms with Gasteiger partial charge in [-0.3, -0.25) is 19.6 Å². The minimum absolute atomic E-state index is 0.160. The van der Waals surface area contributed by atoms with Crippen molar-refractivity contribution in [2.45, 2.75) is 56.7 Å². The van der Waals surface area contributed by atoms with E-state index in [0.717, 1.165) is 23.0 Å². The number of anilines is 1. The number of rotatable bonds is 6. The van der Waals surface area contributed by atoms with Crippen molar-refractivity contribution in [3.8, 4) is 11.4 Å². The molecular weight excluding hydrogens is 413 g/mol. The van der Waals surface area contributed by atoms with E-state index < -0.39 is 11.1 Å². The van der Waals surface area contributed by atoms with Gasteiger partial charge in [-0.2, -0.15) is 10.2 Å². The van der Waals surface area contributed by atoms with Crippen molar-refractivity contribution in [1.82, 2.24) is 30.1 Å². The van der Waals surface area contributed by atoms with Gasteiger partial charge in [-0.15, -0.1) is 0 Å². The Morgan fingerprint density at radius 2 is 2.09 bits per heavy atom. The van der Waals surface area contributed by atoms with Crippen LogP contribution in [0.3, 0.4) is 0 Å². The van der Waals surface area contributed by atoms with E-state index in [-0.39, 0.29) is 12.5 Å². The Morgan fingerprint density at radius 3 is 2.78 bits per heavy atom. The van der Waals surface area contributed by atoms with E-state index in [2.05, 4.69) is 30.8 Å². The second kappa shape index (κ2) is 6.72. The Bertz CT molecular complexity index is 1330. The monoisotopic (exact) mass is 435 g/mol. The molecule has 0 aliphatic heterocycles. The number of H-pyrrole nitrogens is 1. The van der Waals surface area contributed by atoms with Gasteiger partial charge in [-0.1, -0.05) is 5.16 Å². The van der Waals surface area contributed by atoms with E-state index in [1.54, 1.807) is 29.3 Å².